The highest BCUT2D eigenvalue weighted by Crippen LogP contribution is 2.23. The van der Waals surface area contributed by atoms with Gasteiger partial charge in [0.1, 0.15) is 6.04 Å². The first-order chi connectivity index (χ1) is 6.80. The molecule has 0 aliphatic carbocycles. The third kappa shape index (κ3) is 3.39. The van der Waals surface area contributed by atoms with E-state index in [4.69, 9.17) is 17.3 Å². The highest BCUT2D eigenvalue weighted by Gasteiger charge is 2.36. The summed E-state index contributed by atoms with van der Waals surface area (Å²) in [5, 5.41) is 0.511. The summed E-state index contributed by atoms with van der Waals surface area (Å²) in [6.45, 7) is 1.71. The number of hydrogen-bond acceptors (Lipinski definition) is 1. The van der Waals surface area contributed by atoms with Gasteiger partial charge in [0, 0.05) is 5.02 Å². The van der Waals surface area contributed by atoms with Crippen LogP contribution < -0.4 is 5.73 Å². The van der Waals surface area contributed by atoms with E-state index in [2.05, 4.69) is 0 Å². The maximum atomic E-state index is 12.2. The Morgan fingerprint density at radius 2 is 2.00 bits per heavy atom. The van der Waals surface area contributed by atoms with Gasteiger partial charge in [-0.25, -0.2) is 0 Å². The molecular formula is C10H11ClF3N. The lowest BCUT2D eigenvalue weighted by Gasteiger charge is -2.16. The van der Waals surface area contributed by atoms with Gasteiger partial charge in [0.15, 0.2) is 0 Å². The Kier molecular flexibility index (Phi) is 3.62. The van der Waals surface area contributed by atoms with Crippen LogP contribution >= 0.6 is 11.6 Å². The van der Waals surface area contributed by atoms with Crippen LogP contribution in [0.25, 0.3) is 0 Å². The van der Waals surface area contributed by atoms with Crippen molar-refractivity contribution < 1.29 is 13.2 Å². The molecule has 0 aliphatic heterocycles. The van der Waals surface area contributed by atoms with Crippen molar-refractivity contribution in [3.8, 4) is 0 Å². The number of benzene rings is 1. The molecule has 0 amide bonds. The summed E-state index contributed by atoms with van der Waals surface area (Å²) in [4.78, 5) is 0. The van der Waals surface area contributed by atoms with E-state index in [0.717, 1.165) is 5.56 Å². The number of halogens is 4. The molecule has 0 aliphatic rings. The SMILES string of the molecule is Cc1cc(Cl)ccc1CC(N)C(F)(F)F. The zero-order valence-electron chi connectivity index (χ0n) is 8.11. The van der Waals surface area contributed by atoms with Gasteiger partial charge in [-0.1, -0.05) is 17.7 Å². The molecule has 0 spiro atoms. The maximum absolute atomic E-state index is 12.2. The quantitative estimate of drug-likeness (QED) is 0.841. The van der Waals surface area contributed by atoms with Crippen molar-refractivity contribution in [1.29, 1.82) is 0 Å². The van der Waals surface area contributed by atoms with Crippen LogP contribution in [0.2, 0.25) is 5.02 Å². The van der Waals surface area contributed by atoms with Crippen molar-refractivity contribution >= 4 is 11.6 Å². The maximum Gasteiger partial charge on any atom is 0.403 e. The first-order valence-electron chi connectivity index (χ1n) is 4.38. The first-order valence-corrected chi connectivity index (χ1v) is 4.76. The minimum absolute atomic E-state index is 0.216. The fourth-order valence-electron chi connectivity index (χ4n) is 1.24. The van der Waals surface area contributed by atoms with Crippen LogP contribution in [0.5, 0.6) is 0 Å². The normalized spacial score (nSPS) is 14.0. The molecule has 15 heavy (non-hydrogen) atoms. The van der Waals surface area contributed by atoms with E-state index in [9.17, 15) is 13.2 Å². The molecule has 1 rings (SSSR count). The van der Waals surface area contributed by atoms with Gasteiger partial charge in [-0.3, -0.25) is 0 Å². The number of nitrogens with two attached hydrogens (primary N) is 1. The van der Waals surface area contributed by atoms with Crippen molar-refractivity contribution in [1.82, 2.24) is 0 Å². The lowest BCUT2D eigenvalue weighted by atomic mass is 10.0. The average molecular weight is 238 g/mol. The second-order valence-corrected chi connectivity index (χ2v) is 3.86. The molecular weight excluding hydrogens is 227 g/mol. The van der Waals surface area contributed by atoms with Gasteiger partial charge in [0.2, 0.25) is 0 Å². The molecule has 1 atom stereocenters. The topological polar surface area (TPSA) is 26.0 Å². The molecule has 0 saturated carbocycles. The summed E-state index contributed by atoms with van der Waals surface area (Å²) in [5.41, 5.74) is 6.33. The Morgan fingerprint density at radius 3 is 2.47 bits per heavy atom. The predicted molar refractivity (Wildman–Crippen MR) is 53.9 cm³/mol. The molecule has 1 unspecified atom stereocenters. The summed E-state index contributed by atoms with van der Waals surface area (Å²) in [6.07, 6.45) is -4.57. The Labute approximate surface area is 91.0 Å². The molecule has 0 heterocycles. The second-order valence-electron chi connectivity index (χ2n) is 3.42. The first kappa shape index (κ1) is 12.3. The van der Waals surface area contributed by atoms with Crippen LogP contribution in [0.15, 0.2) is 18.2 Å². The minimum Gasteiger partial charge on any atom is -0.320 e. The number of hydrogen-bond donors (Lipinski definition) is 1. The largest absolute Gasteiger partial charge is 0.403 e. The number of alkyl halides is 3. The van der Waals surface area contributed by atoms with Gasteiger partial charge in [-0.15, -0.1) is 0 Å². The summed E-state index contributed by atoms with van der Waals surface area (Å²) in [6, 6.07) is 2.94. The number of rotatable bonds is 2. The van der Waals surface area contributed by atoms with Crippen LogP contribution in [0, 0.1) is 6.92 Å². The van der Waals surface area contributed by atoms with Crippen molar-refractivity contribution in [2.24, 2.45) is 5.73 Å². The van der Waals surface area contributed by atoms with Gasteiger partial charge in [-0.2, -0.15) is 13.2 Å². The van der Waals surface area contributed by atoms with Crippen LogP contribution in [-0.4, -0.2) is 12.2 Å². The zero-order valence-corrected chi connectivity index (χ0v) is 8.86. The fourth-order valence-corrected chi connectivity index (χ4v) is 1.47. The Hall–Kier alpha value is -0.740. The van der Waals surface area contributed by atoms with E-state index in [1.807, 2.05) is 0 Å². The van der Waals surface area contributed by atoms with Crippen molar-refractivity contribution in [3.05, 3.63) is 34.3 Å². The Balaban J connectivity index is 2.82. The summed E-state index contributed by atoms with van der Waals surface area (Å²) >= 11 is 5.69. The van der Waals surface area contributed by atoms with E-state index in [-0.39, 0.29) is 6.42 Å². The van der Waals surface area contributed by atoms with E-state index < -0.39 is 12.2 Å². The molecule has 0 bridgehead atoms. The van der Waals surface area contributed by atoms with Gasteiger partial charge in [0.05, 0.1) is 0 Å². The highest BCUT2D eigenvalue weighted by atomic mass is 35.5. The smallest absolute Gasteiger partial charge is 0.320 e. The second kappa shape index (κ2) is 4.41. The van der Waals surface area contributed by atoms with Crippen LogP contribution in [0.3, 0.4) is 0 Å². The monoisotopic (exact) mass is 237 g/mol. The molecule has 0 radical (unpaired) electrons. The van der Waals surface area contributed by atoms with E-state index in [1.54, 1.807) is 25.1 Å². The van der Waals surface area contributed by atoms with Crippen LogP contribution in [0.1, 0.15) is 11.1 Å². The van der Waals surface area contributed by atoms with Crippen LogP contribution in [0.4, 0.5) is 13.2 Å². The molecule has 1 aromatic carbocycles. The lowest BCUT2D eigenvalue weighted by Crippen LogP contribution is -2.39. The van der Waals surface area contributed by atoms with Crippen molar-refractivity contribution in [2.45, 2.75) is 25.6 Å². The average Bonchev–Trinajstić information content (AvgIpc) is 2.08. The molecule has 2 N–H and O–H groups in total. The Bertz CT molecular complexity index is 349. The van der Waals surface area contributed by atoms with Crippen LogP contribution in [-0.2, 0) is 6.42 Å². The van der Waals surface area contributed by atoms with Gasteiger partial charge in [-0.05, 0) is 36.6 Å². The molecule has 1 aromatic rings. The summed E-state index contributed by atoms with van der Waals surface area (Å²) in [7, 11) is 0. The standard InChI is InChI=1S/C10H11ClF3N/c1-6-4-8(11)3-2-7(6)5-9(15)10(12,13)14/h2-4,9H,5,15H2,1H3. The molecule has 0 aromatic heterocycles. The summed E-state index contributed by atoms with van der Waals surface area (Å²) in [5.74, 6) is 0. The third-order valence-corrected chi connectivity index (χ3v) is 2.40. The molecule has 5 heteroatoms. The van der Waals surface area contributed by atoms with Gasteiger partial charge in [0.25, 0.3) is 0 Å². The third-order valence-electron chi connectivity index (χ3n) is 2.16. The molecule has 84 valence electrons. The van der Waals surface area contributed by atoms with E-state index in [1.165, 1.54) is 0 Å². The lowest BCUT2D eigenvalue weighted by molar-refractivity contribution is -0.147. The van der Waals surface area contributed by atoms with Crippen molar-refractivity contribution in [2.75, 3.05) is 0 Å². The highest BCUT2D eigenvalue weighted by molar-refractivity contribution is 6.30. The van der Waals surface area contributed by atoms with Gasteiger partial charge < -0.3 is 5.73 Å². The molecule has 0 saturated heterocycles. The number of aryl methyl sites for hydroxylation is 1. The summed E-state index contributed by atoms with van der Waals surface area (Å²) < 4.78 is 36.6. The van der Waals surface area contributed by atoms with Gasteiger partial charge >= 0.3 is 6.18 Å². The predicted octanol–water partition coefficient (Wildman–Crippen LogP) is 3.08. The Morgan fingerprint density at radius 1 is 1.40 bits per heavy atom. The molecule has 0 fully saturated rings. The van der Waals surface area contributed by atoms with E-state index >= 15 is 0 Å². The minimum atomic E-state index is -4.36. The fraction of sp³-hybridized carbons (Fsp3) is 0.400. The molecule has 1 nitrogen and oxygen atoms in total. The van der Waals surface area contributed by atoms with Crippen molar-refractivity contribution in [3.63, 3.8) is 0 Å². The zero-order chi connectivity index (χ0) is 11.6. The van der Waals surface area contributed by atoms with E-state index in [0.29, 0.717) is 10.6 Å².